The van der Waals surface area contributed by atoms with Crippen LogP contribution in [0.5, 0.6) is 0 Å². The highest BCUT2D eigenvalue weighted by atomic mass is 19.1. The second kappa shape index (κ2) is 7.39. The van der Waals surface area contributed by atoms with Gasteiger partial charge in [0.2, 0.25) is 0 Å². The molecule has 26 heavy (non-hydrogen) atoms. The number of benzene rings is 2. The normalized spacial score (nSPS) is 10.8. The number of carbonyl (C=O) groups excluding carboxylic acids is 1. The second-order valence-electron chi connectivity index (χ2n) is 5.19. The number of nitro groups is 1. The van der Waals surface area contributed by atoms with E-state index in [1.54, 1.807) is 30.3 Å². The Morgan fingerprint density at radius 2 is 1.96 bits per heavy atom. The number of rotatable bonds is 5. The fourth-order valence-electron chi connectivity index (χ4n) is 2.21. The maximum atomic E-state index is 13.7. The number of carbonyl (C=O) groups is 1. The van der Waals surface area contributed by atoms with Gasteiger partial charge in [0.05, 0.1) is 16.7 Å². The molecule has 0 aliphatic carbocycles. The van der Waals surface area contributed by atoms with Crippen molar-refractivity contribution in [3.05, 3.63) is 87.9 Å². The quantitative estimate of drug-likeness (QED) is 0.429. The molecule has 0 radical (unpaired) electrons. The molecular weight excluding hydrogens is 341 g/mol. The highest BCUT2D eigenvalue weighted by Crippen LogP contribution is 2.24. The molecule has 130 valence electrons. The standard InChI is InChI=1S/C18H12FN3O4/c19-16-7-2-1-6-15(16)17-9-8-14(26-17)11-20-21-18(23)12-4-3-5-13(10-12)22(24)25/h1-11H,(H,21,23)/b20-11-. The van der Waals surface area contributed by atoms with Crippen LogP contribution in [0.1, 0.15) is 16.1 Å². The molecule has 0 spiro atoms. The number of halogens is 1. The average Bonchev–Trinajstić information content (AvgIpc) is 3.10. The summed E-state index contributed by atoms with van der Waals surface area (Å²) < 4.78 is 19.2. The van der Waals surface area contributed by atoms with Crippen molar-refractivity contribution in [1.29, 1.82) is 0 Å². The lowest BCUT2D eigenvalue weighted by molar-refractivity contribution is -0.384. The van der Waals surface area contributed by atoms with E-state index >= 15 is 0 Å². The fraction of sp³-hybridized carbons (Fsp3) is 0. The summed E-state index contributed by atoms with van der Waals surface area (Å²) >= 11 is 0. The van der Waals surface area contributed by atoms with Gasteiger partial charge in [0, 0.05) is 17.7 Å². The fourth-order valence-corrected chi connectivity index (χ4v) is 2.21. The summed E-state index contributed by atoms with van der Waals surface area (Å²) in [6, 6.07) is 14.6. The number of nitro benzene ring substituents is 1. The van der Waals surface area contributed by atoms with Gasteiger partial charge in [0.1, 0.15) is 17.3 Å². The number of nitrogens with zero attached hydrogens (tertiary/aromatic N) is 2. The molecular formula is C18H12FN3O4. The largest absolute Gasteiger partial charge is 0.455 e. The lowest BCUT2D eigenvalue weighted by Crippen LogP contribution is -2.17. The molecule has 0 saturated heterocycles. The number of furan rings is 1. The molecule has 1 N–H and O–H groups in total. The maximum absolute atomic E-state index is 13.7. The van der Waals surface area contributed by atoms with Crippen molar-refractivity contribution >= 4 is 17.8 Å². The van der Waals surface area contributed by atoms with E-state index in [4.69, 9.17) is 4.42 Å². The van der Waals surface area contributed by atoms with Gasteiger partial charge in [-0.15, -0.1) is 0 Å². The Morgan fingerprint density at radius 3 is 2.73 bits per heavy atom. The van der Waals surface area contributed by atoms with Gasteiger partial charge < -0.3 is 4.42 Å². The van der Waals surface area contributed by atoms with Crippen molar-refractivity contribution in [2.45, 2.75) is 0 Å². The predicted molar refractivity (Wildman–Crippen MR) is 92.3 cm³/mol. The molecule has 0 bridgehead atoms. The highest BCUT2D eigenvalue weighted by Gasteiger charge is 2.11. The van der Waals surface area contributed by atoms with Crippen LogP contribution in [0.4, 0.5) is 10.1 Å². The van der Waals surface area contributed by atoms with Crippen LogP contribution in [-0.2, 0) is 0 Å². The minimum absolute atomic E-state index is 0.0999. The Kier molecular flexibility index (Phi) is 4.84. The molecule has 0 fully saturated rings. The Labute approximate surface area is 146 Å². The van der Waals surface area contributed by atoms with E-state index in [1.807, 2.05) is 0 Å². The molecule has 0 saturated carbocycles. The first-order chi connectivity index (χ1) is 12.5. The topological polar surface area (TPSA) is 97.7 Å². The number of amides is 1. The lowest BCUT2D eigenvalue weighted by Gasteiger charge is -1.99. The Hall–Kier alpha value is -3.81. The monoisotopic (exact) mass is 353 g/mol. The molecule has 1 amide bonds. The minimum atomic E-state index is -0.606. The zero-order valence-corrected chi connectivity index (χ0v) is 13.3. The van der Waals surface area contributed by atoms with Gasteiger partial charge in [-0.3, -0.25) is 14.9 Å². The minimum Gasteiger partial charge on any atom is -0.455 e. The highest BCUT2D eigenvalue weighted by molar-refractivity contribution is 5.95. The van der Waals surface area contributed by atoms with Crippen LogP contribution in [-0.4, -0.2) is 17.0 Å². The van der Waals surface area contributed by atoms with Crippen LogP contribution < -0.4 is 5.43 Å². The van der Waals surface area contributed by atoms with E-state index in [9.17, 15) is 19.3 Å². The molecule has 2 aromatic carbocycles. The zero-order chi connectivity index (χ0) is 18.5. The third-order valence-corrected chi connectivity index (χ3v) is 3.44. The molecule has 8 heteroatoms. The van der Waals surface area contributed by atoms with Gasteiger partial charge in [-0.05, 0) is 30.3 Å². The smallest absolute Gasteiger partial charge is 0.271 e. The van der Waals surface area contributed by atoms with Crippen LogP contribution in [0, 0.1) is 15.9 Å². The molecule has 1 heterocycles. The van der Waals surface area contributed by atoms with Gasteiger partial charge in [-0.1, -0.05) is 18.2 Å². The van der Waals surface area contributed by atoms with E-state index in [1.165, 1.54) is 30.5 Å². The third-order valence-electron chi connectivity index (χ3n) is 3.44. The van der Waals surface area contributed by atoms with E-state index in [2.05, 4.69) is 10.5 Å². The molecule has 0 atom stereocenters. The molecule has 7 nitrogen and oxygen atoms in total. The number of hydrogen-bond donors (Lipinski definition) is 1. The Bertz CT molecular complexity index is 997. The number of non-ortho nitro benzene ring substituents is 1. The van der Waals surface area contributed by atoms with Gasteiger partial charge >= 0.3 is 0 Å². The van der Waals surface area contributed by atoms with Crippen LogP contribution >= 0.6 is 0 Å². The van der Waals surface area contributed by atoms with Crippen molar-refractivity contribution in [3.8, 4) is 11.3 Å². The number of nitrogens with one attached hydrogen (secondary N) is 1. The SMILES string of the molecule is O=C(N/N=C\c1ccc(-c2ccccc2F)o1)c1cccc([N+](=O)[O-])c1. The number of hydrazone groups is 1. The van der Waals surface area contributed by atoms with Gasteiger partial charge in [-0.2, -0.15) is 5.10 Å². The molecule has 1 aromatic heterocycles. The Morgan fingerprint density at radius 1 is 1.15 bits per heavy atom. The molecule has 3 rings (SSSR count). The Balaban J connectivity index is 1.68. The maximum Gasteiger partial charge on any atom is 0.271 e. The van der Waals surface area contributed by atoms with Gasteiger partial charge in [0.25, 0.3) is 11.6 Å². The summed E-state index contributed by atoms with van der Waals surface area (Å²) in [7, 11) is 0. The number of hydrogen-bond acceptors (Lipinski definition) is 5. The summed E-state index contributed by atoms with van der Waals surface area (Å²) in [5.74, 6) is -0.382. The summed E-state index contributed by atoms with van der Waals surface area (Å²) in [5.41, 5.74) is 2.47. The zero-order valence-electron chi connectivity index (χ0n) is 13.3. The van der Waals surface area contributed by atoms with E-state index < -0.39 is 16.6 Å². The van der Waals surface area contributed by atoms with Gasteiger partial charge in [0.15, 0.2) is 0 Å². The summed E-state index contributed by atoms with van der Waals surface area (Å²) in [6.07, 6.45) is 1.25. The van der Waals surface area contributed by atoms with Crippen molar-refractivity contribution in [1.82, 2.24) is 5.43 Å². The summed E-state index contributed by atoms with van der Waals surface area (Å²) in [6.45, 7) is 0. The van der Waals surface area contributed by atoms with Crippen LogP contribution in [0.3, 0.4) is 0 Å². The van der Waals surface area contributed by atoms with E-state index in [0.29, 0.717) is 17.1 Å². The van der Waals surface area contributed by atoms with Crippen LogP contribution in [0.2, 0.25) is 0 Å². The summed E-state index contributed by atoms with van der Waals surface area (Å²) in [5, 5.41) is 14.5. The van der Waals surface area contributed by atoms with Crippen molar-refractivity contribution < 1.29 is 18.5 Å². The van der Waals surface area contributed by atoms with E-state index in [-0.39, 0.29) is 11.3 Å². The van der Waals surface area contributed by atoms with Crippen LogP contribution in [0.15, 0.2) is 70.2 Å². The van der Waals surface area contributed by atoms with Crippen LogP contribution in [0.25, 0.3) is 11.3 Å². The molecule has 3 aromatic rings. The molecule has 0 unspecified atom stereocenters. The van der Waals surface area contributed by atoms with E-state index in [0.717, 1.165) is 6.07 Å². The average molecular weight is 353 g/mol. The lowest BCUT2D eigenvalue weighted by atomic mass is 10.1. The van der Waals surface area contributed by atoms with Crippen molar-refractivity contribution in [3.63, 3.8) is 0 Å². The summed E-state index contributed by atoms with van der Waals surface area (Å²) in [4.78, 5) is 22.1. The van der Waals surface area contributed by atoms with Gasteiger partial charge in [-0.25, -0.2) is 9.82 Å². The first-order valence-electron chi connectivity index (χ1n) is 7.47. The molecule has 0 aliphatic rings. The first kappa shape index (κ1) is 17.0. The predicted octanol–water partition coefficient (Wildman–Crippen LogP) is 3.76. The third kappa shape index (κ3) is 3.81. The molecule has 0 aliphatic heterocycles. The van der Waals surface area contributed by atoms with Crippen molar-refractivity contribution in [2.24, 2.45) is 5.10 Å². The first-order valence-corrected chi connectivity index (χ1v) is 7.47. The second-order valence-corrected chi connectivity index (χ2v) is 5.19. The van der Waals surface area contributed by atoms with Crippen molar-refractivity contribution in [2.75, 3.05) is 0 Å².